The van der Waals surface area contributed by atoms with Gasteiger partial charge in [-0.2, -0.15) is 0 Å². The Kier molecular flexibility index (Phi) is 8.05. The van der Waals surface area contributed by atoms with Crippen molar-refractivity contribution in [2.24, 2.45) is 0 Å². The van der Waals surface area contributed by atoms with Crippen molar-refractivity contribution in [2.45, 2.75) is 25.1 Å². The highest BCUT2D eigenvalue weighted by atomic mass is 16.5. The number of pyridine rings is 1. The molecular formula is C22H28N4O5. The molecule has 166 valence electrons. The van der Waals surface area contributed by atoms with E-state index in [0.29, 0.717) is 38.4 Å². The quantitative estimate of drug-likeness (QED) is 0.588. The normalized spacial score (nSPS) is 17.8. The Morgan fingerprint density at radius 3 is 2.61 bits per heavy atom. The summed E-state index contributed by atoms with van der Waals surface area (Å²) in [7, 11) is 3.17. The van der Waals surface area contributed by atoms with Gasteiger partial charge in [0.2, 0.25) is 5.91 Å². The van der Waals surface area contributed by atoms with Crippen LogP contribution in [0.5, 0.6) is 11.5 Å². The maximum atomic E-state index is 12.9. The molecule has 0 spiro atoms. The van der Waals surface area contributed by atoms with Gasteiger partial charge < -0.3 is 29.7 Å². The van der Waals surface area contributed by atoms with Crippen molar-refractivity contribution in [3.8, 4) is 11.5 Å². The third-order valence-electron chi connectivity index (χ3n) is 4.97. The summed E-state index contributed by atoms with van der Waals surface area (Å²) in [6, 6.07) is 10.1. The third kappa shape index (κ3) is 6.32. The van der Waals surface area contributed by atoms with Crippen molar-refractivity contribution < 1.29 is 23.8 Å². The summed E-state index contributed by atoms with van der Waals surface area (Å²) in [5.41, 5.74) is 0.928. The van der Waals surface area contributed by atoms with Crippen LogP contribution in [0.3, 0.4) is 0 Å². The molecule has 2 heterocycles. The number of aromatic nitrogens is 1. The van der Waals surface area contributed by atoms with Gasteiger partial charge in [0.1, 0.15) is 23.6 Å². The number of nitrogens with one attached hydrogen (secondary N) is 2. The molecule has 1 aliphatic heterocycles. The zero-order chi connectivity index (χ0) is 22.1. The van der Waals surface area contributed by atoms with E-state index in [4.69, 9.17) is 14.2 Å². The van der Waals surface area contributed by atoms with Gasteiger partial charge in [-0.25, -0.2) is 4.79 Å². The number of nitrogens with zero attached hydrogens (tertiary/aromatic N) is 2. The summed E-state index contributed by atoms with van der Waals surface area (Å²) < 4.78 is 16.1. The predicted molar refractivity (Wildman–Crippen MR) is 114 cm³/mol. The molecule has 3 rings (SSSR count). The highest BCUT2D eigenvalue weighted by molar-refractivity contribution is 5.87. The van der Waals surface area contributed by atoms with E-state index < -0.39 is 6.04 Å². The lowest BCUT2D eigenvalue weighted by Crippen LogP contribution is -2.49. The lowest BCUT2D eigenvalue weighted by atomic mass is 10.2. The van der Waals surface area contributed by atoms with Crippen LogP contribution in [-0.2, 0) is 16.1 Å². The van der Waals surface area contributed by atoms with Crippen LogP contribution in [0, 0.1) is 0 Å². The van der Waals surface area contributed by atoms with E-state index >= 15 is 0 Å². The van der Waals surface area contributed by atoms with Crippen molar-refractivity contribution in [1.82, 2.24) is 20.5 Å². The van der Waals surface area contributed by atoms with E-state index in [0.717, 1.165) is 11.3 Å². The highest BCUT2D eigenvalue weighted by Crippen LogP contribution is 2.23. The number of ether oxygens (including phenoxy) is 3. The van der Waals surface area contributed by atoms with Crippen molar-refractivity contribution in [3.05, 3.63) is 54.4 Å². The van der Waals surface area contributed by atoms with Gasteiger partial charge in [0.25, 0.3) is 0 Å². The van der Waals surface area contributed by atoms with Crippen LogP contribution in [-0.4, -0.2) is 67.9 Å². The maximum absolute atomic E-state index is 12.9. The van der Waals surface area contributed by atoms with E-state index in [1.54, 1.807) is 38.7 Å². The van der Waals surface area contributed by atoms with E-state index in [2.05, 4.69) is 15.6 Å². The fourth-order valence-electron chi connectivity index (χ4n) is 3.38. The first-order chi connectivity index (χ1) is 15.1. The monoisotopic (exact) mass is 428 g/mol. The number of rotatable bonds is 9. The molecule has 0 radical (unpaired) electrons. The molecule has 1 aromatic carbocycles. The standard InChI is InChI=1S/C22H28N4O5/c1-29-11-10-24-21(27)20-12-19(31-18-4-3-9-23-14-18)15-26(20)22(28)25-13-16-5-7-17(30-2)8-6-16/h3-9,14,19-20H,10-13,15H2,1-2H3,(H,24,27)(H,25,28)/t19-,20+/m0/s1. The van der Waals surface area contributed by atoms with Gasteiger partial charge >= 0.3 is 6.03 Å². The number of urea groups is 1. The number of methoxy groups -OCH3 is 2. The minimum atomic E-state index is -0.630. The minimum absolute atomic E-state index is 0.228. The molecule has 1 aliphatic rings. The fraction of sp³-hybridized carbons (Fsp3) is 0.409. The lowest BCUT2D eigenvalue weighted by Gasteiger charge is -2.24. The van der Waals surface area contributed by atoms with Crippen LogP contribution >= 0.6 is 0 Å². The number of hydrogen-bond donors (Lipinski definition) is 2. The molecule has 1 aromatic heterocycles. The topological polar surface area (TPSA) is 102 Å². The lowest BCUT2D eigenvalue weighted by molar-refractivity contribution is -0.124. The molecule has 2 aromatic rings. The molecule has 2 N–H and O–H groups in total. The van der Waals surface area contributed by atoms with Crippen LogP contribution in [0.4, 0.5) is 4.79 Å². The second kappa shape index (κ2) is 11.2. The van der Waals surface area contributed by atoms with Gasteiger partial charge in [-0.1, -0.05) is 12.1 Å². The molecule has 0 unspecified atom stereocenters. The van der Waals surface area contributed by atoms with E-state index in [1.165, 1.54) is 4.90 Å². The molecule has 0 saturated carbocycles. The number of carbonyl (C=O) groups is 2. The molecule has 2 atom stereocenters. The largest absolute Gasteiger partial charge is 0.497 e. The molecule has 9 nitrogen and oxygen atoms in total. The van der Waals surface area contributed by atoms with Crippen LogP contribution in [0.15, 0.2) is 48.8 Å². The number of amides is 3. The van der Waals surface area contributed by atoms with E-state index in [1.807, 2.05) is 24.3 Å². The van der Waals surface area contributed by atoms with Gasteiger partial charge in [0.15, 0.2) is 0 Å². The smallest absolute Gasteiger partial charge is 0.318 e. The molecular weight excluding hydrogens is 400 g/mol. The Bertz CT molecular complexity index is 847. The van der Waals surface area contributed by atoms with Gasteiger partial charge in [0, 0.05) is 32.8 Å². The Hall–Kier alpha value is -3.33. The average Bonchev–Trinajstić information content (AvgIpc) is 3.22. The molecule has 9 heteroatoms. The summed E-state index contributed by atoms with van der Waals surface area (Å²) >= 11 is 0. The maximum Gasteiger partial charge on any atom is 0.318 e. The number of hydrogen-bond acceptors (Lipinski definition) is 6. The molecule has 3 amide bonds. The Morgan fingerprint density at radius 1 is 1.13 bits per heavy atom. The Morgan fingerprint density at radius 2 is 1.94 bits per heavy atom. The van der Waals surface area contributed by atoms with Crippen molar-refractivity contribution in [3.63, 3.8) is 0 Å². The van der Waals surface area contributed by atoms with Crippen molar-refractivity contribution >= 4 is 11.9 Å². The van der Waals surface area contributed by atoms with Crippen molar-refractivity contribution in [2.75, 3.05) is 33.9 Å². The van der Waals surface area contributed by atoms with Gasteiger partial charge in [-0.15, -0.1) is 0 Å². The Labute approximate surface area is 181 Å². The second-order valence-electron chi connectivity index (χ2n) is 7.12. The number of benzene rings is 1. The van der Waals surface area contributed by atoms with Crippen LogP contribution in [0.25, 0.3) is 0 Å². The Balaban J connectivity index is 1.63. The summed E-state index contributed by atoms with van der Waals surface area (Å²) in [5, 5.41) is 5.70. The fourth-order valence-corrected chi connectivity index (χ4v) is 3.38. The number of likely N-dealkylation sites (tertiary alicyclic amines) is 1. The zero-order valence-corrected chi connectivity index (χ0v) is 17.7. The zero-order valence-electron chi connectivity index (χ0n) is 17.7. The summed E-state index contributed by atoms with van der Waals surface area (Å²) in [6.45, 7) is 1.41. The minimum Gasteiger partial charge on any atom is -0.497 e. The highest BCUT2D eigenvalue weighted by Gasteiger charge is 2.40. The van der Waals surface area contributed by atoms with Crippen molar-refractivity contribution in [1.29, 1.82) is 0 Å². The van der Waals surface area contributed by atoms with Gasteiger partial charge in [-0.05, 0) is 29.8 Å². The van der Waals surface area contributed by atoms with Crippen LogP contribution < -0.4 is 20.1 Å². The first-order valence-electron chi connectivity index (χ1n) is 10.1. The van der Waals surface area contributed by atoms with E-state index in [9.17, 15) is 9.59 Å². The molecule has 1 fully saturated rings. The summed E-state index contributed by atoms with van der Waals surface area (Å²) in [6.07, 6.45) is 3.35. The second-order valence-corrected chi connectivity index (χ2v) is 7.12. The van der Waals surface area contributed by atoms with E-state index in [-0.39, 0.29) is 18.0 Å². The predicted octanol–water partition coefficient (Wildman–Crippen LogP) is 1.58. The molecule has 0 bridgehead atoms. The first-order valence-corrected chi connectivity index (χ1v) is 10.1. The van der Waals surface area contributed by atoms with Gasteiger partial charge in [-0.3, -0.25) is 9.78 Å². The average molecular weight is 428 g/mol. The molecule has 1 saturated heterocycles. The molecule has 0 aliphatic carbocycles. The first kappa shape index (κ1) is 22.4. The SMILES string of the molecule is COCCNC(=O)[C@H]1C[C@H](Oc2cccnc2)CN1C(=O)NCc1ccc(OC)cc1. The molecule has 31 heavy (non-hydrogen) atoms. The summed E-state index contributed by atoms with van der Waals surface area (Å²) in [5.74, 6) is 1.12. The van der Waals surface area contributed by atoms with Crippen LogP contribution in [0.1, 0.15) is 12.0 Å². The van der Waals surface area contributed by atoms with Gasteiger partial charge in [0.05, 0.1) is 26.5 Å². The summed E-state index contributed by atoms with van der Waals surface area (Å²) in [4.78, 5) is 31.2. The third-order valence-corrected chi connectivity index (χ3v) is 4.97. The van der Waals surface area contributed by atoms with Crippen LogP contribution in [0.2, 0.25) is 0 Å². The number of carbonyl (C=O) groups excluding carboxylic acids is 2.